The van der Waals surface area contributed by atoms with Crippen LogP contribution < -0.4 is 14.8 Å². The van der Waals surface area contributed by atoms with Crippen molar-refractivity contribution in [1.82, 2.24) is 9.97 Å². The van der Waals surface area contributed by atoms with Crippen molar-refractivity contribution >= 4 is 22.4 Å². The third-order valence-electron chi connectivity index (χ3n) is 5.40. The van der Waals surface area contributed by atoms with Crippen LogP contribution >= 0.6 is 11.3 Å². The Hall–Kier alpha value is -3.65. The summed E-state index contributed by atoms with van der Waals surface area (Å²) >= 11 is 1.49. The number of aromatic nitrogens is 2. The number of nitrogens with zero attached hydrogens (tertiary/aromatic N) is 2. The lowest BCUT2D eigenvalue weighted by atomic mass is 10.1. The van der Waals surface area contributed by atoms with Crippen LogP contribution in [0.25, 0.3) is 11.3 Å². The number of carbonyl (C=O) groups excluding carboxylic acids is 1. The fourth-order valence-corrected chi connectivity index (χ4v) is 4.57. The van der Waals surface area contributed by atoms with E-state index in [1.165, 1.54) is 16.9 Å². The minimum Gasteiger partial charge on any atom is -0.454 e. The monoisotopic (exact) mass is 461 g/mol. The van der Waals surface area contributed by atoms with E-state index in [4.69, 9.17) is 13.9 Å². The molecule has 4 aromatic rings. The van der Waals surface area contributed by atoms with Gasteiger partial charge in [-0.15, -0.1) is 11.3 Å². The molecule has 0 saturated heterocycles. The zero-order chi connectivity index (χ0) is 22.8. The molecule has 1 aliphatic heterocycles. The van der Waals surface area contributed by atoms with Crippen LogP contribution in [-0.4, -0.2) is 22.7 Å². The van der Waals surface area contributed by atoms with E-state index < -0.39 is 0 Å². The number of nitrogens with one attached hydrogen (secondary N) is 1. The molecule has 0 fully saturated rings. The maximum absolute atomic E-state index is 12.5. The summed E-state index contributed by atoms with van der Waals surface area (Å²) in [5.41, 5.74) is 4.17. The Morgan fingerprint density at radius 1 is 1.09 bits per heavy atom. The number of anilines is 1. The van der Waals surface area contributed by atoms with Gasteiger partial charge in [0.15, 0.2) is 28.3 Å². The highest BCUT2D eigenvalue weighted by atomic mass is 32.1. The molecule has 0 radical (unpaired) electrons. The van der Waals surface area contributed by atoms with Crippen molar-refractivity contribution in [3.05, 3.63) is 76.3 Å². The Morgan fingerprint density at radius 3 is 2.76 bits per heavy atom. The predicted molar refractivity (Wildman–Crippen MR) is 126 cm³/mol. The molecule has 0 aliphatic carbocycles. The molecule has 1 aliphatic rings. The molecule has 7 nitrogen and oxygen atoms in total. The van der Waals surface area contributed by atoms with Gasteiger partial charge in [-0.2, -0.15) is 0 Å². The second-order valence-electron chi connectivity index (χ2n) is 7.92. The highest BCUT2D eigenvalue weighted by Crippen LogP contribution is 2.34. The van der Waals surface area contributed by atoms with Gasteiger partial charge in [0.1, 0.15) is 0 Å². The predicted octanol–water partition coefficient (Wildman–Crippen LogP) is 5.31. The fourth-order valence-electron chi connectivity index (χ4n) is 3.56. The summed E-state index contributed by atoms with van der Waals surface area (Å²) < 4.78 is 16.6. The number of aryl methyl sites for hydroxylation is 3. The fraction of sp³-hybridized carbons (Fsp3) is 0.240. The van der Waals surface area contributed by atoms with Crippen molar-refractivity contribution in [1.29, 1.82) is 0 Å². The molecule has 1 amide bonds. The number of rotatable bonds is 7. The Balaban J connectivity index is 1.17. The topological polar surface area (TPSA) is 86.5 Å². The van der Waals surface area contributed by atoms with Crippen LogP contribution in [-0.2, 0) is 17.6 Å². The minimum absolute atomic E-state index is 0.117. The van der Waals surface area contributed by atoms with Crippen LogP contribution in [0.4, 0.5) is 5.13 Å². The molecule has 2 aromatic carbocycles. The van der Waals surface area contributed by atoms with Gasteiger partial charge >= 0.3 is 0 Å². The number of benzene rings is 2. The van der Waals surface area contributed by atoms with Crippen LogP contribution in [0.5, 0.6) is 11.5 Å². The van der Waals surface area contributed by atoms with E-state index in [9.17, 15) is 4.79 Å². The van der Waals surface area contributed by atoms with Crippen molar-refractivity contribution in [2.75, 3.05) is 12.1 Å². The third-order valence-corrected chi connectivity index (χ3v) is 6.47. The first-order valence-electron chi connectivity index (χ1n) is 10.7. The van der Waals surface area contributed by atoms with E-state index in [1.54, 1.807) is 6.20 Å². The summed E-state index contributed by atoms with van der Waals surface area (Å²) in [7, 11) is 0. The summed E-state index contributed by atoms with van der Waals surface area (Å²) in [5, 5.41) is 3.50. The van der Waals surface area contributed by atoms with E-state index in [2.05, 4.69) is 15.3 Å². The molecule has 2 aromatic heterocycles. The Morgan fingerprint density at radius 2 is 1.91 bits per heavy atom. The molecule has 0 unspecified atom stereocenters. The molecule has 33 heavy (non-hydrogen) atoms. The van der Waals surface area contributed by atoms with E-state index in [1.807, 2.05) is 56.3 Å². The molecule has 8 heteroatoms. The van der Waals surface area contributed by atoms with Crippen molar-refractivity contribution in [2.45, 2.75) is 33.1 Å². The number of hydrogen-bond donors (Lipinski definition) is 1. The highest BCUT2D eigenvalue weighted by Gasteiger charge is 2.16. The average Bonchev–Trinajstić information content (AvgIpc) is 3.53. The zero-order valence-corrected chi connectivity index (χ0v) is 19.2. The number of carbonyl (C=O) groups is 1. The smallest absolute Gasteiger partial charge is 0.231 e. The Bertz CT molecular complexity index is 1290. The highest BCUT2D eigenvalue weighted by molar-refractivity contribution is 7.15. The molecular weight excluding hydrogens is 438 g/mol. The largest absolute Gasteiger partial charge is 0.454 e. The maximum Gasteiger partial charge on any atom is 0.231 e. The van der Waals surface area contributed by atoms with Gasteiger partial charge in [-0.25, -0.2) is 9.97 Å². The summed E-state index contributed by atoms with van der Waals surface area (Å²) in [6.07, 6.45) is 3.11. The summed E-state index contributed by atoms with van der Waals surface area (Å²) in [4.78, 5) is 22.4. The number of oxazole rings is 1. The van der Waals surface area contributed by atoms with Crippen LogP contribution in [0.15, 0.2) is 53.1 Å². The van der Waals surface area contributed by atoms with Crippen LogP contribution in [0.2, 0.25) is 0 Å². The third kappa shape index (κ3) is 4.90. The summed E-state index contributed by atoms with van der Waals surface area (Å²) in [6.45, 7) is 4.25. The number of hydrogen-bond acceptors (Lipinski definition) is 7. The zero-order valence-electron chi connectivity index (χ0n) is 18.4. The van der Waals surface area contributed by atoms with Gasteiger partial charge in [0.2, 0.25) is 12.7 Å². The molecule has 0 saturated carbocycles. The van der Waals surface area contributed by atoms with E-state index >= 15 is 0 Å². The average molecular weight is 462 g/mol. The number of thiazole rings is 1. The first-order chi connectivity index (χ1) is 16.0. The van der Waals surface area contributed by atoms with Crippen molar-refractivity contribution in [3.63, 3.8) is 0 Å². The first-order valence-corrected chi connectivity index (χ1v) is 11.5. The lowest BCUT2D eigenvalue weighted by Gasteiger charge is -2.02. The summed E-state index contributed by atoms with van der Waals surface area (Å²) in [6, 6.07) is 14.0. The van der Waals surface area contributed by atoms with Gasteiger partial charge in [0.05, 0.1) is 11.9 Å². The second-order valence-corrected chi connectivity index (χ2v) is 9.01. The molecule has 3 heterocycles. The SMILES string of the molecule is Cc1ccc(-c2cnc(CCC(=O)Nc3nc(C)c(Cc4ccc5c(c4)OCO5)s3)o2)cc1. The lowest BCUT2D eigenvalue weighted by molar-refractivity contribution is -0.116. The lowest BCUT2D eigenvalue weighted by Crippen LogP contribution is -2.12. The van der Waals surface area contributed by atoms with Gasteiger partial charge < -0.3 is 19.2 Å². The van der Waals surface area contributed by atoms with Crippen molar-refractivity contribution < 1.29 is 18.7 Å². The number of amides is 1. The Kier molecular flexibility index (Phi) is 5.83. The van der Waals surface area contributed by atoms with Crippen molar-refractivity contribution in [2.24, 2.45) is 0 Å². The maximum atomic E-state index is 12.5. The van der Waals surface area contributed by atoms with E-state index in [-0.39, 0.29) is 19.1 Å². The van der Waals surface area contributed by atoms with E-state index in [0.717, 1.165) is 33.2 Å². The number of ether oxygens (including phenoxy) is 2. The quantitative estimate of drug-likeness (QED) is 0.402. The number of fused-ring (bicyclic) bond motifs is 1. The van der Waals surface area contributed by atoms with Crippen molar-refractivity contribution in [3.8, 4) is 22.8 Å². The summed E-state index contributed by atoms with van der Waals surface area (Å²) in [5.74, 6) is 2.66. The molecule has 168 valence electrons. The first kappa shape index (κ1) is 21.2. The second kappa shape index (κ2) is 9.07. The molecular formula is C25H23N3O4S. The van der Waals surface area contributed by atoms with Gasteiger partial charge in [0, 0.05) is 29.7 Å². The van der Waals surface area contributed by atoms with Crippen LogP contribution in [0.1, 0.15) is 34.0 Å². The van der Waals surface area contributed by atoms with E-state index in [0.29, 0.717) is 29.6 Å². The van der Waals surface area contributed by atoms with Gasteiger partial charge in [0.25, 0.3) is 0 Å². The normalized spacial score (nSPS) is 12.2. The van der Waals surface area contributed by atoms with Gasteiger partial charge in [-0.1, -0.05) is 35.9 Å². The van der Waals surface area contributed by atoms with Gasteiger partial charge in [-0.05, 0) is 31.5 Å². The molecule has 5 rings (SSSR count). The molecule has 0 atom stereocenters. The minimum atomic E-state index is -0.117. The van der Waals surface area contributed by atoms with Crippen LogP contribution in [0, 0.1) is 13.8 Å². The Labute approximate surface area is 195 Å². The van der Waals surface area contributed by atoms with Gasteiger partial charge in [-0.3, -0.25) is 4.79 Å². The molecule has 0 bridgehead atoms. The molecule has 1 N–H and O–H groups in total. The van der Waals surface area contributed by atoms with Crippen LogP contribution in [0.3, 0.4) is 0 Å². The molecule has 0 spiro atoms. The standard InChI is InChI=1S/C25H23N3O4S/c1-15-3-6-18(7-4-15)21-13-26-24(32-21)10-9-23(29)28-25-27-16(2)22(33-25)12-17-5-8-19-20(11-17)31-14-30-19/h3-8,11,13H,9-10,12,14H2,1-2H3,(H,27,28,29).